The van der Waals surface area contributed by atoms with Crippen LogP contribution in [0, 0.1) is 6.92 Å². The molecule has 0 spiro atoms. The topological polar surface area (TPSA) is 112 Å². The fraction of sp³-hybridized carbons (Fsp3) is 0.571. The van der Waals surface area contributed by atoms with E-state index in [1.165, 1.54) is 6.07 Å². The van der Waals surface area contributed by atoms with Crippen LogP contribution in [0.25, 0.3) is 0 Å². The number of carboxylic acid groups (broad SMARTS) is 1. The van der Waals surface area contributed by atoms with E-state index in [0.717, 1.165) is 24.6 Å². The number of nitrogens with zero attached hydrogens (tertiary/aromatic N) is 1. The smallest absolute Gasteiger partial charge is 0.329 e. The molecule has 1 atom stereocenters. The monoisotopic (exact) mass is 325 g/mol. The summed E-state index contributed by atoms with van der Waals surface area (Å²) in [7, 11) is 0. The number of H-pyrrole nitrogens is 1. The van der Waals surface area contributed by atoms with Crippen molar-refractivity contribution < 1.29 is 14.7 Å². The first kappa shape index (κ1) is 16.5. The van der Waals surface area contributed by atoms with Crippen LogP contribution in [0.2, 0.25) is 0 Å². The number of thioether (sulfide) groups is 1. The van der Waals surface area contributed by atoms with Gasteiger partial charge in [-0.15, -0.1) is 0 Å². The summed E-state index contributed by atoms with van der Waals surface area (Å²) >= 11 is 1.10. The number of aromatic nitrogens is 2. The molecule has 0 aromatic carbocycles. The SMILES string of the molecule is Cc1cc(=O)[nH]c(S[C@H](C)C(=O)NC2(C(=O)O)CCCC2)n1. The molecule has 1 aromatic rings. The molecule has 1 fully saturated rings. The number of hydrogen-bond donors (Lipinski definition) is 3. The highest BCUT2D eigenvalue weighted by atomic mass is 32.2. The first-order chi connectivity index (χ1) is 10.3. The van der Waals surface area contributed by atoms with Crippen LogP contribution in [-0.2, 0) is 9.59 Å². The van der Waals surface area contributed by atoms with E-state index < -0.39 is 16.8 Å². The lowest BCUT2D eigenvalue weighted by Crippen LogP contribution is -2.54. The largest absolute Gasteiger partial charge is 0.480 e. The Morgan fingerprint density at radius 3 is 2.64 bits per heavy atom. The van der Waals surface area contributed by atoms with Crippen LogP contribution in [0.1, 0.15) is 38.3 Å². The zero-order chi connectivity index (χ0) is 16.3. The van der Waals surface area contributed by atoms with E-state index in [0.29, 0.717) is 23.7 Å². The second kappa shape index (κ2) is 6.51. The summed E-state index contributed by atoms with van der Waals surface area (Å²) in [5.74, 6) is -1.35. The lowest BCUT2D eigenvalue weighted by molar-refractivity contribution is -0.147. The second-order valence-corrected chi connectivity index (χ2v) is 6.87. The van der Waals surface area contributed by atoms with Crippen LogP contribution in [0.4, 0.5) is 0 Å². The maximum atomic E-state index is 12.3. The predicted octanol–water partition coefficient (Wildman–Crippen LogP) is 1.07. The number of aryl methyl sites for hydroxylation is 1. The van der Waals surface area contributed by atoms with Gasteiger partial charge >= 0.3 is 5.97 Å². The quantitative estimate of drug-likeness (QED) is 0.551. The Bertz CT molecular complexity index is 637. The molecular weight excluding hydrogens is 306 g/mol. The maximum absolute atomic E-state index is 12.3. The number of aromatic amines is 1. The van der Waals surface area contributed by atoms with Crippen molar-refractivity contribution >= 4 is 23.6 Å². The Hall–Kier alpha value is -1.83. The van der Waals surface area contributed by atoms with E-state index in [9.17, 15) is 19.5 Å². The van der Waals surface area contributed by atoms with Gasteiger partial charge in [0.05, 0.1) is 5.25 Å². The van der Waals surface area contributed by atoms with E-state index in [1.807, 2.05) is 0 Å². The molecule has 2 rings (SSSR count). The van der Waals surface area contributed by atoms with Gasteiger partial charge in [-0.1, -0.05) is 24.6 Å². The molecule has 1 saturated carbocycles. The third kappa shape index (κ3) is 3.68. The predicted molar refractivity (Wildman–Crippen MR) is 81.9 cm³/mol. The minimum Gasteiger partial charge on any atom is -0.480 e. The summed E-state index contributed by atoms with van der Waals surface area (Å²) in [5, 5.41) is 11.8. The number of hydrogen-bond acceptors (Lipinski definition) is 5. The Labute approximate surface area is 131 Å². The summed E-state index contributed by atoms with van der Waals surface area (Å²) < 4.78 is 0. The van der Waals surface area contributed by atoms with Gasteiger partial charge in [0, 0.05) is 11.8 Å². The molecule has 1 amide bonds. The van der Waals surface area contributed by atoms with E-state index in [-0.39, 0.29) is 11.5 Å². The van der Waals surface area contributed by atoms with Gasteiger partial charge < -0.3 is 15.4 Å². The molecule has 0 saturated heterocycles. The van der Waals surface area contributed by atoms with Crippen molar-refractivity contribution in [2.45, 2.75) is 55.5 Å². The van der Waals surface area contributed by atoms with E-state index >= 15 is 0 Å². The summed E-state index contributed by atoms with van der Waals surface area (Å²) in [5.41, 5.74) is -0.864. The molecule has 0 unspecified atom stereocenters. The molecule has 1 aromatic heterocycles. The highest BCUT2D eigenvalue weighted by molar-refractivity contribution is 8.00. The fourth-order valence-corrected chi connectivity index (χ4v) is 3.39. The van der Waals surface area contributed by atoms with Gasteiger partial charge in [0.15, 0.2) is 5.16 Å². The Morgan fingerprint density at radius 2 is 2.09 bits per heavy atom. The van der Waals surface area contributed by atoms with Gasteiger partial charge in [-0.3, -0.25) is 9.59 Å². The Kier molecular flexibility index (Phi) is 4.90. The highest BCUT2D eigenvalue weighted by Gasteiger charge is 2.43. The summed E-state index contributed by atoms with van der Waals surface area (Å²) in [6.45, 7) is 3.36. The molecule has 22 heavy (non-hydrogen) atoms. The molecule has 0 aliphatic heterocycles. The fourth-order valence-electron chi connectivity index (χ4n) is 2.54. The lowest BCUT2D eigenvalue weighted by Gasteiger charge is -2.26. The first-order valence-corrected chi connectivity index (χ1v) is 8.00. The normalized spacial score (nSPS) is 17.9. The van der Waals surface area contributed by atoms with Crippen LogP contribution >= 0.6 is 11.8 Å². The highest BCUT2D eigenvalue weighted by Crippen LogP contribution is 2.30. The van der Waals surface area contributed by atoms with Crippen molar-refractivity contribution in [3.63, 3.8) is 0 Å². The van der Waals surface area contributed by atoms with Crippen molar-refractivity contribution in [3.05, 3.63) is 22.1 Å². The van der Waals surface area contributed by atoms with E-state index in [1.54, 1.807) is 13.8 Å². The van der Waals surface area contributed by atoms with Crippen LogP contribution in [0.3, 0.4) is 0 Å². The molecule has 0 bridgehead atoms. The van der Waals surface area contributed by atoms with Gasteiger partial charge in [0.2, 0.25) is 5.91 Å². The minimum absolute atomic E-state index is 0.277. The van der Waals surface area contributed by atoms with Crippen LogP contribution in [0.5, 0.6) is 0 Å². The maximum Gasteiger partial charge on any atom is 0.329 e. The average Bonchev–Trinajstić information content (AvgIpc) is 2.87. The minimum atomic E-state index is -1.15. The number of aliphatic carboxylic acids is 1. The average molecular weight is 325 g/mol. The van der Waals surface area contributed by atoms with Gasteiger partial charge in [-0.05, 0) is 26.7 Å². The molecule has 3 N–H and O–H groups in total. The number of carboxylic acids is 1. The molecule has 120 valence electrons. The van der Waals surface area contributed by atoms with E-state index in [4.69, 9.17) is 0 Å². The van der Waals surface area contributed by atoms with Gasteiger partial charge in [-0.2, -0.15) is 0 Å². The summed E-state index contributed by atoms with van der Waals surface area (Å²) in [6.07, 6.45) is 2.48. The standard InChI is InChI=1S/C14H19N3O4S/c1-8-7-10(18)16-13(15-8)22-9(2)11(19)17-14(12(20)21)5-3-4-6-14/h7,9H,3-6H2,1-2H3,(H,17,19)(H,20,21)(H,15,16,18)/t9-/m1/s1. The Balaban J connectivity index is 2.05. The van der Waals surface area contributed by atoms with E-state index in [2.05, 4.69) is 15.3 Å². The van der Waals surface area contributed by atoms with Crippen LogP contribution < -0.4 is 10.9 Å². The van der Waals surface area contributed by atoms with Gasteiger partial charge in [0.1, 0.15) is 5.54 Å². The number of amides is 1. The van der Waals surface area contributed by atoms with Crippen molar-refractivity contribution in [1.82, 2.24) is 15.3 Å². The molecule has 0 radical (unpaired) electrons. The van der Waals surface area contributed by atoms with Crippen molar-refractivity contribution in [2.75, 3.05) is 0 Å². The molecule has 1 aliphatic rings. The van der Waals surface area contributed by atoms with Crippen molar-refractivity contribution in [3.8, 4) is 0 Å². The number of carbonyl (C=O) groups excluding carboxylic acids is 1. The molecular formula is C14H19N3O4S. The first-order valence-electron chi connectivity index (χ1n) is 7.12. The number of rotatable bonds is 5. The van der Waals surface area contributed by atoms with Crippen LogP contribution in [0.15, 0.2) is 16.0 Å². The third-order valence-electron chi connectivity index (χ3n) is 3.73. The second-order valence-electron chi connectivity index (χ2n) is 5.54. The van der Waals surface area contributed by atoms with Gasteiger partial charge in [-0.25, -0.2) is 9.78 Å². The molecule has 7 nitrogen and oxygen atoms in total. The van der Waals surface area contributed by atoms with Crippen molar-refractivity contribution in [1.29, 1.82) is 0 Å². The van der Waals surface area contributed by atoms with Gasteiger partial charge in [0.25, 0.3) is 5.56 Å². The third-order valence-corrected chi connectivity index (χ3v) is 4.72. The summed E-state index contributed by atoms with van der Waals surface area (Å²) in [4.78, 5) is 41.8. The zero-order valence-corrected chi connectivity index (χ0v) is 13.3. The Morgan fingerprint density at radius 1 is 1.45 bits per heavy atom. The van der Waals surface area contributed by atoms with Crippen molar-refractivity contribution in [2.24, 2.45) is 0 Å². The summed E-state index contributed by atoms with van der Waals surface area (Å²) in [6, 6.07) is 1.37. The zero-order valence-electron chi connectivity index (χ0n) is 12.5. The molecule has 1 heterocycles. The molecule has 8 heteroatoms. The lowest BCUT2D eigenvalue weighted by atomic mass is 9.97. The molecule has 1 aliphatic carbocycles. The number of nitrogens with one attached hydrogen (secondary N) is 2. The van der Waals surface area contributed by atoms with Crippen LogP contribution in [-0.4, -0.2) is 37.7 Å². The number of carbonyl (C=O) groups is 2.